The number of benzene rings is 2. The number of pyridine rings is 1. The van der Waals surface area contributed by atoms with Crippen molar-refractivity contribution in [3.63, 3.8) is 0 Å². The lowest BCUT2D eigenvalue weighted by atomic mass is 10.0. The minimum absolute atomic E-state index is 0.251. The normalized spacial score (nSPS) is 15.4. The zero-order chi connectivity index (χ0) is 28.8. The van der Waals surface area contributed by atoms with Crippen LogP contribution in [0.2, 0.25) is 0 Å². The summed E-state index contributed by atoms with van der Waals surface area (Å²) in [5.74, 6) is 0.233. The molecule has 0 aliphatic carbocycles. The zero-order valence-corrected chi connectivity index (χ0v) is 22.6. The molecule has 1 aromatic heterocycles. The van der Waals surface area contributed by atoms with Gasteiger partial charge in [0.15, 0.2) is 0 Å². The summed E-state index contributed by atoms with van der Waals surface area (Å²) in [4.78, 5) is 19.6. The van der Waals surface area contributed by atoms with Gasteiger partial charge in [0.1, 0.15) is 23.5 Å². The summed E-state index contributed by atoms with van der Waals surface area (Å²) >= 11 is 0. The Labute approximate surface area is 238 Å². The summed E-state index contributed by atoms with van der Waals surface area (Å²) in [6.07, 6.45) is 8.25. The van der Waals surface area contributed by atoms with Gasteiger partial charge in [-0.15, -0.1) is 0 Å². The van der Waals surface area contributed by atoms with Crippen molar-refractivity contribution in [2.24, 2.45) is 5.73 Å². The van der Waals surface area contributed by atoms with E-state index in [1.807, 2.05) is 49.7 Å². The molecule has 5 rings (SSSR count). The van der Waals surface area contributed by atoms with Crippen LogP contribution in [0.1, 0.15) is 46.4 Å². The van der Waals surface area contributed by atoms with Crippen molar-refractivity contribution in [3.8, 4) is 6.07 Å². The molecule has 0 unspecified atom stereocenters. The predicted molar refractivity (Wildman–Crippen MR) is 157 cm³/mol. The van der Waals surface area contributed by atoms with E-state index >= 15 is 0 Å². The van der Waals surface area contributed by atoms with Gasteiger partial charge in [-0.05, 0) is 66.9 Å². The second-order valence-corrected chi connectivity index (χ2v) is 9.77. The summed E-state index contributed by atoms with van der Waals surface area (Å²) in [6.45, 7) is 3.93. The molecule has 1 amide bonds. The highest BCUT2D eigenvalue weighted by Gasteiger charge is 2.22. The number of nitrogens with one attached hydrogen (secondary N) is 4. The number of hydrogen-bond donors (Lipinski definition) is 5. The molecule has 1 atom stereocenters. The molecule has 3 heterocycles. The molecule has 6 N–H and O–H groups in total. The molecule has 0 fully saturated rings. The highest BCUT2D eigenvalue weighted by molar-refractivity contribution is 5.99. The van der Waals surface area contributed by atoms with E-state index in [1.165, 1.54) is 30.0 Å². The van der Waals surface area contributed by atoms with Gasteiger partial charge in [0.2, 0.25) is 0 Å². The first-order valence-electron chi connectivity index (χ1n) is 13.3. The van der Waals surface area contributed by atoms with Gasteiger partial charge in [-0.3, -0.25) is 4.79 Å². The lowest BCUT2D eigenvalue weighted by molar-refractivity contribution is 0.0940. The second-order valence-electron chi connectivity index (χ2n) is 9.77. The third kappa shape index (κ3) is 6.37. The molecule has 0 bridgehead atoms. The van der Waals surface area contributed by atoms with Crippen LogP contribution in [0.5, 0.6) is 0 Å². The Bertz CT molecular complexity index is 1550. The fourth-order valence-corrected chi connectivity index (χ4v) is 4.76. The van der Waals surface area contributed by atoms with Crippen LogP contribution in [0.4, 0.5) is 15.9 Å². The van der Waals surface area contributed by atoms with Gasteiger partial charge >= 0.3 is 0 Å². The molecule has 3 aromatic rings. The maximum atomic E-state index is 13.3. The van der Waals surface area contributed by atoms with Gasteiger partial charge < -0.3 is 31.9 Å². The maximum Gasteiger partial charge on any atom is 0.255 e. The highest BCUT2D eigenvalue weighted by atomic mass is 19.1. The van der Waals surface area contributed by atoms with Gasteiger partial charge in [0, 0.05) is 37.4 Å². The van der Waals surface area contributed by atoms with Crippen LogP contribution in [0.3, 0.4) is 0 Å². The maximum absolute atomic E-state index is 13.3. The first-order chi connectivity index (χ1) is 19.9. The third-order valence-corrected chi connectivity index (χ3v) is 6.98. The predicted octanol–water partition coefficient (Wildman–Crippen LogP) is 4.12. The average molecular weight is 551 g/mol. The van der Waals surface area contributed by atoms with E-state index in [0.717, 1.165) is 42.0 Å². The molecule has 0 saturated heterocycles. The van der Waals surface area contributed by atoms with Crippen molar-refractivity contribution in [1.82, 2.24) is 20.9 Å². The second kappa shape index (κ2) is 12.4. The van der Waals surface area contributed by atoms with Gasteiger partial charge in [-0.1, -0.05) is 30.3 Å². The van der Waals surface area contributed by atoms with Crippen LogP contribution < -0.4 is 31.9 Å². The fourth-order valence-electron chi connectivity index (χ4n) is 4.76. The molecule has 2 aromatic carbocycles. The number of anilines is 2. The quantitative estimate of drug-likeness (QED) is 0.283. The van der Waals surface area contributed by atoms with E-state index in [2.05, 4.69) is 37.2 Å². The molecule has 0 spiro atoms. The molecular formula is C31H31FN8O. The monoisotopic (exact) mass is 550 g/mol. The van der Waals surface area contributed by atoms with Gasteiger partial charge in [0.25, 0.3) is 5.91 Å². The van der Waals surface area contributed by atoms with Crippen LogP contribution in [-0.4, -0.2) is 24.0 Å². The number of carbonyl (C=O) groups is 1. The molecule has 41 heavy (non-hydrogen) atoms. The Hall–Kier alpha value is -5.14. The third-order valence-electron chi connectivity index (χ3n) is 6.98. The first kappa shape index (κ1) is 27.4. The number of rotatable bonds is 8. The zero-order valence-electron chi connectivity index (χ0n) is 22.6. The number of carbonyl (C=O) groups excluding carboxylic acids is 1. The lowest BCUT2D eigenvalue weighted by Gasteiger charge is -2.31. The van der Waals surface area contributed by atoms with Gasteiger partial charge in [-0.2, -0.15) is 5.26 Å². The minimum Gasteiger partial charge on any atom is -0.384 e. The number of aromatic nitrogens is 1. The standard InChI is InChI=1S/C31H31FN8O/c1-20(23-4-6-25(32)7-5-23)39-31(41)27-16-22(17-33)19-38-30(27)37-18-21-2-8-26(9-3-21)40-15-14-36-29(34)28(40)24-10-12-35-13-11-24/h2-10,14-16,19-20,35-36H,11-13,18,34H2,1H3,(H,37,38)(H,39,41)/t20-/m0/s1. The van der Waals surface area contributed by atoms with Crippen molar-refractivity contribution in [3.05, 3.63) is 124 Å². The Morgan fingerprint density at radius 1 is 1.22 bits per heavy atom. The summed E-state index contributed by atoms with van der Waals surface area (Å²) in [7, 11) is 0. The number of hydrogen-bond acceptors (Lipinski definition) is 8. The Balaban J connectivity index is 1.30. The number of nitriles is 1. The van der Waals surface area contributed by atoms with Crippen LogP contribution in [0.25, 0.3) is 0 Å². The van der Waals surface area contributed by atoms with Crippen LogP contribution >= 0.6 is 0 Å². The van der Waals surface area contributed by atoms with Gasteiger partial charge in [-0.25, -0.2) is 9.37 Å². The highest BCUT2D eigenvalue weighted by Crippen LogP contribution is 2.30. The lowest BCUT2D eigenvalue weighted by Crippen LogP contribution is -2.33. The molecule has 0 radical (unpaired) electrons. The van der Waals surface area contributed by atoms with Crippen molar-refractivity contribution in [2.45, 2.75) is 25.9 Å². The van der Waals surface area contributed by atoms with Crippen molar-refractivity contribution < 1.29 is 9.18 Å². The number of nitrogens with two attached hydrogens (primary N) is 1. The van der Waals surface area contributed by atoms with E-state index in [4.69, 9.17) is 5.73 Å². The SMILES string of the molecule is C[C@H](NC(=O)c1cc(C#N)cnc1NCc1ccc(N2C=CNC(N)=C2C2=CCNCC2)cc1)c1ccc(F)cc1. The van der Waals surface area contributed by atoms with Crippen molar-refractivity contribution >= 4 is 17.4 Å². The minimum atomic E-state index is -0.390. The van der Waals surface area contributed by atoms with E-state index in [0.29, 0.717) is 18.2 Å². The van der Waals surface area contributed by atoms with E-state index < -0.39 is 0 Å². The summed E-state index contributed by atoms with van der Waals surface area (Å²) in [6, 6.07) is 17.2. The van der Waals surface area contributed by atoms with E-state index in [1.54, 1.807) is 12.1 Å². The van der Waals surface area contributed by atoms with Crippen LogP contribution in [-0.2, 0) is 6.54 Å². The van der Waals surface area contributed by atoms with Crippen LogP contribution in [0.15, 0.2) is 96.4 Å². The molecule has 2 aliphatic heterocycles. The number of amides is 1. The van der Waals surface area contributed by atoms with E-state index in [9.17, 15) is 14.4 Å². The number of halogens is 1. The molecule has 208 valence electrons. The molecular weight excluding hydrogens is 519 g/mol. The van der Waals surface area contributed by atoms with Crippen molar-refractivity contribution in [1.29, 1.82) is 5.26 Å². The molecule has 2 aliphatic rings. The summed E-state index contributed by atoms with van der Waals surface area (Å²) in [5.41, 5.74) is 11.7. The van der Waals surface area contributed by atoms with E-state index in [-0.39, 0.29) is 28.9 Å². The Morgan fingerprint density at radius 3 is 2.71 bits per heavy atom. The van der Waals surface area contributed by atoms with Gasteiger partial charge in [0.05, 0.1) is 22.9 Å². The molecule has 10 heteroatoms. The number of allylic oxidation sites excluding steroid dienone is 1. The fraction of sp³-hybridized carbons (Fsp3) is 0.194. The first-order valence-corrected chi connectivity index (χ1v) is 13.3. The molecule has 9 nitrogen and oxygen atoms in total. The average Bonchev–Trinajstić information content (AvgIpc) is 3.00. The summed E-state index contributed by atoms with van der Waals surface area (Å²) in [5, 5.41) is 22.0. The topological polar surface area (TPSA) is 131 Å². The largest absolute Gasteiger partial charge is 0.384 e. The van der Waals surface area contributed by atoms with Crippen LogP contribution in [0, 0.1) is 17.1 Å². The Morgan fingerprint density at radius 2 is 2.00 bits per heavy atom. The van der Waals surface area contributed by atoms with Crippen molar-refractivity contribution in [2.75, 3.05) is 23.3 Å². The molecule has 0 saturated carbocycles. The number of nitrogens with zero attached hydrogens (tertiary/aromatic N) is 3. The summed E-state index contributed by atoms with van der Waals surface area (Å²) < 4.78 is 13.3. The smallest absolute Gasteiger partial charge is 0.255 e. The Kier molecular flexibility index (Phi) is 8.27.